The summed E-state index contributed by atoms with van der Waals surface area (Å²) in [7, 11) is 0. The fourth-order valence-electron chi connectivity index (χ4n) is 1.83. The van der Waals surface area contributed by atoms with E-state index >= 15 is 0 Å². The molecule has 1 aromatic carbocycles. The number of halogens is 1. The normalized spacial score (nSPS) is 10.6. The maximum Gasteiger partial charge on any atom is 0.341 e. The number of ether oxygens (including phenoxy) is 2. The van der Waals surface area contributed by atoms with Crippen LogP contribution in [0.2, 0.25) is 5.02 Å². The molecule has 0 radical (unpaired) electrons. The van der Waals surface area contributed by atoms with Crippen LogP contribution in [0.3, 0.4) is 0 Å². The van der Waals surface area contributed by atoms with Crippen LogP contribution in [0.15, 0.2) is 34.7 Å². The number of nitrogens with zero attached hydrogens (tertiary/aromatic N) is 1. The Morgan fingerprint density at radius 2 is 2.20 bits per heavy atom. The number of carboxylic acids is 1. The lowest BCUT2D eigenvalue weighted by Gasteiger charge is -2.13. The molecule has 0 aliphatic carbocycles. The Bertz CT molecular complexity index is 777. The molecule has 0 aliphatic rings. The summed E-state index contributed by atoms with van der Waals surface area (Å²) < 4.78 is 10.6. The van der Waals surface area contributed by atoms with Crippen LogP contribution in [0, 0.1) is 0 Å². The van der Waals surface area contributed by atoms with E-state index < -0.39 is 12.6 Å². The van der Waals surface area contributed by atoms with Crippen molar-refractivity contribution in [3.63, 3.8) is 0 Å². The minimum atomic E-state index is -1.12. The molecule has 25 heavy (non-hydrogen) atoms. The van der Waals surface area contributed by atoms with Crippen molar-refractivity contribution in [1.29, 1.82) is 0 Å². The molecular formula is C16H15ClN2O5S. The molecule has 0 saturated carbocycles. The molecule has 132 valence electrons. The summed E-state index contributed by atoms with van der Waals surface area (Å²) in [5.41, 5.74) is 2.97. The lowest BCUT2D eigenvalue weighted by molar-refractivity contribution is -0.139. The third-order valence-electron chi connectivity index (χ3n) is 2.80. The molecule has 2 N–H and O–H groups in total. The third-order valence-corrected chi connectivity index (χ3v) is 3.95. The summed E-state index contributed by atoms with van der Waals surface area (Å²) in [5, 5.41) is 14.6. The van der Waals surface area contributed by atoms with Crippen LogP contribution in [-0.4, -0.2) is 36.4 Å². The van der Waals surface area contributed by atoms with Gasteiger partial charge in [-0.05, 0) is 36.1 Å². The summed E-state index contributed by atoms with van der Waals surface area (Å²) in [6.45, 7) is 1.58. The van der Waals surface area contributed by atoms with Gasteiger partial charge in [0.2, 0.25) is 0 Å². The monoisotopic (exact) mass is 382 g/mol. The Labute approximate surface area is 152 Å². The van der Waals surface area contributed by atoms with Gasteiger partial charge in [-0.15, -0.1) is 11.3 Å². The van der Waals surface area contributed by atoms with E-state index in [4.69, 9.17) is 26.2 Å². The molecule has 0 saturated heterocycles. The van der Waals surface area contributed by atoms with Gasteiger partial charge in [0, 0.05) is 0 Å². The number of hydrazone groups is 1. The molecule has 0 aliphatic heterocycles. The minimum Gasteiger partial charge on any atom is -0.490 e. The molecule has 0 fully saturated rings. The van der Waals surface area contributed by atoms with Crippen molar-refractivity contribution in [1.82, 2.24) is 5.43 Å². The fraction of sp³-hybridized carbons (Fsp3) is 0.188. The fourth-order valence-corrected chi connectivity index (χ4v) is 2.71. The smallest absolute Gasteiger partial charge is 0.341 e. The van der Waals surface area contributed by atoms with E-state index in [2.05, 4.69) is 10.5 Å². The summed E-state index contributed by atoms with van der Waals surface area (Å²) >= 11 is 7.44. The Balaban J connectivity index is 2.13. The first-order chi connectivity index (χ1) is 12.0. The Morgan fingerprint density at radius 1 is 1.40 bits per heavy atom. The highest BCUT2D eigenvalue weighted by Crippen LogP contribution is 2.36. The van der Waals surface area contributed by atoms with Gasteiger partial charge in [-0.3, -0.25) is 4.79 Å². The number of carboxylic acid groups (broad SMARTS) is 1. The number of rotatable bonds is 8. The first-order valence-electron chi connectivity index (χ1n) is 7.19. The number of carbonyl (C=O) groups excluding carboxylic acids is 1. The second-order valence-corrected chi connectivity index (χ2v) is 5.98. The number of hydrogen-bond acceptors (Lipinski definition) is 6. The second kappa shape index (κ2) is 9.05. The topological polar surface area (TPSA) is 97.2 Å². The van der Waals surface area contributed by atoms with Crippen molar-refractivity contribution in [2.45, 2.75) is 6.92 Å². The number of aliphatic carboxylic acids is 1. The van der Waals surface area contributed by atoms with Crippen LogP contribution in [-0.2, 0) is 4.79 Å². The lowest BCUT2D eigenvalue weighted by Crippen LogP contribution is -2.16. The van der Waals surface area contributed by atoms with Crippen LogP contribution >= 0.6 is 22.9 Å². The molecular weight excluding hydrogens is 368 g/mol. The zero-order chi connectivity index (χ0) is 18.2. The highest BCUT2D eigenvalue weighted by molar-refractivity contribution is 7.12. The van der Waals surface area contributed by atoms with Crippen LogP contribution in [0.4, 0.5) is 0 Å². The predicted octanol–water partition coefficient (Wildman–Crippen LogP) is 3.03. The first-order valence-corrected chi connectivity index (χ1v) is 8.45. The van der Waals surface area contributed by atoms with Crippen molar-refractivity contribution >= 4 is 41.0 Å². The molecule has 9 heteroatoms. The van der Waals surface area contributed by atoms with Gasteiger partial charge in [0.15, 0.2) is 18.1 Å². The highest BCUT2D eigenvalue weighted by atomic mass is 35.5. The zero-order valence-corrected chi connectivity index (χ0v) is 14.8. The third kappa shape index (κ3) is 5.47. The lowest BCUT2D eigenvalue weighted by atomic mass is 10.2. The van der Waals surface area contributed by atoms with Gasteiger partial charge in [0.05, 0.1) is 22.7 Å². The van der Waals surface area contributed by atoms with Gasteiger partial charge >= 0.3 is 5.97 Å². The van der Waals surface area contributed by atoms with E-state index in [9.17, 15) is 9.59 Å². The molecule has 1 heterocycles. The molecule has 0 spiro atoms. The highest BCUT2D eigenvalue weighted by Gasteiger charge is 2.13. The average molecular weight is 383 g/mol. The molecule has 2 rings (SSSR count). The molecule has 0 atom stereocenters. The van der Waals surface area contributed by atoms with Crippen molar-refractivity contribution < 1.29 is 24.2 Å². The summed E-state index contributed by atoms with van der Waals surface area (Å²) in [6, 6.07) is 6.58. The summed E-state index contributed by atoms with van der Waals surface area (Å²) in [5.74, 6) is -1.00. The number of hydrogen-bond donors (Lipinski definition) is 2. The van der Waals surface area contributed by atoms with E-state index in [-0.39, 0.29) is 16.7 Å². The van der Waals surface area contributed by atoms with Gasteiger partial charge in [0.1, 0.15) is 0 Å². The van der Waals surface area contributed by atoms with Gasteiger partial charge in [0.25, 0.3) is 5.91 Å². The van der Waals surface area contributed by atoms with Gasteiger partial charge in [-0.25, -0.2) is 10.2 Å². The molecule has 1 aromatic heterocycles. The van der Waals surface area contributed by atoms with Crippen LogP contribution < -0.4 is 14.9 Å². The summed E-state index contributed by atoms with van der Waals surface area (Å²) in [6.07, 6.45) is 1.40. The number of benzene rings is 1. The standard InChI is InChI=1S/C16H15ClN2O5S/c1-2-23-12-7-10(6-11(17)15(12)24-9-14(20)21)8-18-19-16(22)13-4-3-5-25-13/h3-8H,2,9H2,1H3,(H,19,22)(H,20,21)/b18-8-. The van der Waals surface area contributed by atoms with Gasteiger partial charge in [-0.2, -0.15) is 5.10 Å². The van der Waals surface area contributed by atoms with E-state index in [1.54, 1.807) is 30.5 Å². The number of thiophene rings is 1. The van der Waals surface area contributed by atoms with Gasteiger partial charge in [-0.1, -0.05) is 17.7 Å². The molecule has 0 bridgehead atoms. The quantitative estimate of drug-likeness (QED) is 0.540. The van der Waals surface area contributed by atoms with Crippen LogP contribution in [0.5, 0.6) is 11.5 Å². The van der Waals surface area contributed by atoms with E-state index in [0.717, 1.165) is 0 Å². The van der Waals surface area contributed by atoms with Crippen LogP contribution in [0.25, 0.3) is 0 Å². The Morgan fingerprint density at radius 3 is 2.84 bits per heavy atom. The van der Waals surface area contributed by atoms with Crippen molar-refractivity contribution in [2.75, 3.05) is 13.2 Å². The SMILES string of the molecule is CCOc1cc(/C=N\NC(=O)c2cccs2)cc(Cl)c1OCC(=O)O. The summed E-state index contributed by atoms with van der Waals surface area (Å²) in [4.78, 5) is 23.0. The number of carbonyl (C=O) groups is 2. The van der Waals surface area contributed by atoms with E-state index in [0.29, 0.717) is 22.8 Å². The molecule has 7 nitrogen and oxygen atoms in total. The predicted molar refractivity (Wildman–Crippen MR) is 95.1 cm³/mol. The van der Waals surface area contributed by atoms with Crippen molar-refractivity contribution in [2.24, 2.45) is 5.10 Å². The molecule has 1 amide bonds. The van der Waals surface area contributed by atoms with Gasteiger partial charge < -0.3 is 14.6 Å². The average Bonchev–Trinajstić information content (AvgIpc) is 3.08. The van der Waals surface area contributed by atoms with Crippen molar-refractivity contribution in [3.8, 4) is 11.5 Å². The maximum atomic E-state index is 11.8. The van der Waals surface area contributed by atoms with E-state index in [1.807, 2.05) is 0 Å². The number of nitrogens with one attached hydrogen (secondary N) is 1. The van der Waals surface area contributed by atoms with Crippen LogP contribution in [0.1, 0.15) is 22.2 Å². The Hall–Kier alpha value is -2.58. The minimum absolute atomic E-state index is 0.144. The molecule has 2 aromatic rings. The zero-order valence-electron chi connectivity index (χ0n) is 13.2. The number of amides is 1. The Kier molecular flexibility index (Phi) is 6.79. The second-order valence-electron chi connectivity index (χ2n) is 4.62. The first kappa shape index (κ1) is 18.8. The van der Waals surface area contributed by atoms with E-state index in [1.165, 1.54) is 23.6 Å². The maximum absolute atomic E-state index is 11.8. The largest absolute Gasteiger partial charge is 0.490 e. The van der Waals surface area contributed by atoms with Crippen molar-refractivity contribution in [3.05, 3.63) is 45.1 Å². The molecule has 0 unspecified atom stereocenters.